The molecule has 2 aromatic carbocycles. The Morgan fingerprint density at radius 2 is 1.58 bits per heavy atom. The lowest BCUT2D eigenvalue weighted by Gasteiger charge is -2.33. The van der Waals surface area contributed by atoms with Gasteiger partial charge in [-0.15, -0.1) is 0 Å². The lowest BCUT2D eigenvalue weighted by Crippen LogP contribution is -2.51. The van der Waals surface area contributed by atoms with E-state index in [-0.39, 0.29) is 24.2 Å². The van der Waals surface area contributed by atoms with E-state index in [4.69, 9.17) is 0 Å². The summed E-state index contributed by atoms with van der Waals surface area (Å²) in [5.74, 6) is -0.188. The highest BCUT2D eigenvalue weighted by Crippen LogP contribution is 2.18. The Kier molecular flexibility index (Phi) is 8.55. The Morgan fingerprint density at radius 1 is 0.935 bits per heavy atom. The van der Waals surface area contributed by atoms with Crippen LogP contribution in [0.1, 0.15) is 24.8 Å². The van der Waals surface area contributed by atoms with Crippen molar-refractivity contribution in [2.24, 2.45) is 0 Å². The number of piperazine rings is 1. The zero-order valence-corrected chi connectivity index (χ0v) is 18.0. The second-order valence-corrected chi connectivity index (χ2v) is 7.93. The minimum Gasteiger partial charge on any atom is -0.354 e. The molecule has 7 heteroatoms. The van der Waals surface area contributed by atoms with Crippen molar-refractivity contribution < 1.29 is 14.0 Å². The molecule has 0 bridgehead atoms. The number of halogens is 1. The van der Waals surface area contributed by atoms with E-state index in [1.54, 1.807) is 12.1 Å². The van der Waals surface area contributed by atoms with Gasteiger partial charge in [0.05, 0.1) is 13.1 Å². The van der Waals surface area contributed by atoms with E-state index in [1.165, 1.54) is 17.7 Å². The maximum Gasteiger partial charge on any atom is 0.238 e. The summed E-state index contributed by atoms with van der Waals surface area (Å²) >= 11 is 0. The van der Waals surface area contributed by atoms with Crippen molar-refractivity contribution in [2.45, 2.75) is 19.3 Å². The van der Waals surface area contributed by atoms with Crippen LogP contribution in [0.5, 0.6) is 0 Å². The molecule has 31 heavy (non-hydrogen) atoms. The summed E-state index contributed by atoms with van der Waals surface area (Å²) in [6, 6.07) is 16.1. The standard InChI is InChI=1S/C24H31FN4O2/c1-2-19(20-7-4-3-5-8-20)16-26-23(30)17-28-11-13-29(14-12-28)18-24(31)27-22-10-6-9-21(25)15-22/h3-10,15,19H,2,11-14,16-18H2,1H3,(H,26,30)(H,27,31)/t19-/m1/s1. The number of amides is 2. The molecule has 0 saturated carbocycles. The molecule has 0 radical (unpaired) electrons. The van der Waals surface area contributed by atoms with Crippen LogP contribution in [0.15, 0.2) is 54.6 Å². The first-order valence-corrected chi connectivity index (χ1v) is 10.8. The van der Waals surface area contributed by atoms with Gasteiger partial charge in [-0.2, -0.15) is 0 Å². The molecule has 3 rings (SSSR count). The van der Waals surface area contributed by atoms with Crippen LogP contribution in [0.3, 0.4) is 0 Å². The Labute approximate surface area is 183 Å². The van der Waals surface area contributed by atoms with Crippen molar-refractivity contribution in [3.05, 3.63) is 66.0 Å². The Morgan fingerprint density at radius 3 is 2.19 bits per heavy atom. The average Bonchev–Trinajstić information content (AvgIpc) is 2.76. The first-order valence-electron chi connectivity index (χ1n) is 10.8. The first-order chi connectivity index (χ1) is 15.0. The fourth-order valence-electron chi connectivity index (χ4n) is 3.79. The minimum absolute atomic E-state index is 0.0340. The van der Waals surface area contributed by atoms with Crippen LogP contribution < -0.4 is 10.6 Å². The third-order valence-electron chi connectivity index (χ3n) is 5.62. The second kappa shape index (κ2) is 11.6. The van der Waals surface area contributed by atoms with Crippen LogP contribution >= 0.6 is 0 Å². The number of nitrogens with zero attached hydrogens (tertiary/aromatic N) is 2. The zero-order valence-electron chi connectivity index (χ0n) is 18.0. The highest BCUT2D eigenvalue weighted by Gasteiger charge is 2.21. The number of benzene rings is 2. The number of carbonyl (C=O) groups is 2. The fourth-order valence-corrected chi connectivity index (χ4v) is 3.79. The van der Waals surface area contributed by atoms with Crippen molar-refractivity contribution in [3.8, 4) is 0 Å². The SMILES string of the molecule is CC[C@H](CNC(=O)CN1CCN(CC(=O)Nc2cccc(F)c2)CC1)c1ccccc1. The van der Waals surface area contributed by atoms with Gasteiger partial charge in [0.25, 0.3) is 0 Å². The van der Waals surface area contributed by atoms with Gasteiger partial charge in [-0.25, -0.2) is 4.39 Å². The molecule has 0 aromatic heterocycles. The van der Waals surface area contributed by atoms with Crippen molar-refractivity contribution >= 4 is 17.5 Å². The third kappa shape index (κ3) is 7.45. The molecule has 0 spiro atoms. The lowest BCUT2D eigenvalue weighted by molar-refractivity contribution is -0.123. The molecule has 2 aromatic rings. The maximum atomic E-state index is 13.2. The molecule has 1 fully saturated rings. The predicted molar refractivity (Wildman–Crippen MR) is 120 cm³/mol. The highest BCUT2D eigenvalue weighted by atomic mass is 19.1. The van der Waals surface area contributed by atoms with Crippen LogP contribution in [-0.2, 0) is 9.59 Å². The smallest absolute Gasteiger partial charge is 0.238 e. The van der Waals surface area contributed by atoms with E-state index in [9.17, 15) is 14.0 Å². The van der Waals surface area contributed by atoms with Gasteiger partial charge in [-0.05, 0) is 30.2 Å². The fraction of sp³-hybridized carbons (Fsp3) is 0.417. The van der Waals surface area contributed by atoms with E-state index in [1.807, 2.05) is 23.1 Å². The number of rotatable bonds is 9. The predicted octanol–water partition coefficient (Wildman–Crippen LogP) is 2.69. The van der Waals surface area contributed by atoms with Gasteiger partial charge in [0.2, 0.25) is 11.8 Å². The molecule has 0 unspecified atom stereocenters. The average molecular weight is 427 g/mol. The van der Waals surface area contributed by atoms with Crippen molar-refractivity contribution in [3.63, 3.8) is 0 Å². The molecule has 1 heterocycles. The van der Waals surface area contributed by atoms with Gasteiger partial charge in [-0.3, -0.25) is 19.4 Å². The normalized spacial score (nSPS) is 15.9. The first kappa shape index (κ1) is 22.9. The highest BCUT2D eigenvalue weighted by molar-refractivity contribution is 5.92. The molecule has 1 aliphatic heterocycles. The summed E-state index contributed by atoms with van der Waals surface area (Å²) in [6.07, 6.45) is 0.973. The zero-order chi connectivity index (χ0) is 22.1. The lowest BCUT2D eigenvalue weighted by atomic mass is 9.96. The van der Waals surface area contributed by atoms with Gasteiger partial charge in [-0.1, -0.05) is 43.3 Å². The number of nitrogens with one attached hydrogen (secondary N) is 2. The molecule has 1 saturated heterocycles. The largest absolute Gasteiger partial charge is 0.354 e. The van der Waals surface area contributed by atoms with Gasteiger partial charge in [0.1, 0.15) is 5.82 Å². The maximum absolute atomic E-state index is 13.2. The van der Waals surface area contributed by atoms with Crippen LogP contribution in [0, 0.1) is 5.82 Å². The van der Waals surface area contributed by atoms with E-state index >= 15 is 0 Å². The topological polar surface area (TPSA) is 64.7 Å². The second-order valence-electron chi connectivity index (χ2n) is 7.93. The van der Waals surface area contributed by atoms with Gasteiger partial charge in [0, 0.05) is 44.3 Å². The van der Waals surface area contributed by atoms with E-state index < -0.39 is 0 Å². The van der Waals surface area contributed by atoms with Crippen molar-refractivity contribution in [2.75, 3.05) is 51.1 Å². The molecule has 0 aliphatic carbocycles. The number of carbonyl (C=O) groups excluding carboxylic acids is 2. The van der Waals surface area contributed by atoms with E-state index in [2.05, 4.69) is 34.6 Å². The van der Waals surface area contributed by atoms with E-state index in [0.717, 1.165) is 19.5 Å². The Hall–Kier alpha value is -2.77. The summed E-state index contributed by atoms with van der Waals surface area (Å²) in [7, 11) is 0. The van der Waals surface area contributed by atoms with Crippen molar-refractivity contribution in [1.82, 2.24) is 15.1 Å². The van der Waals surface area contributed by atoms with Gasteiger partial charge >= 0.3 is 0 Å². The summed E-state index contributed by atoms with van der Waals surface area (Å²) < 4.78 is 13.2. The molecule has 1 atom stereocenters. The molecule has 166 valence electrons. The summed E-state index contributed by atoms with van der Waals surface area (Å²) in [4.78, 5) is 28.7. The van der Waals surface area contributed by atoms with Crippen LogP contribution in [0.2, 0.25) is 0 Å². The summed E-state index contributed by atoms with van der Waals surface area (Å²) in [5, 5.41) is 5.79. The monoisotopic (exact) mass is 426 g/mol. The van der Waals surface area contributed by atoms with Crippen LogP contribution in [0.25, 0.3) is 0 Å². The quantitative estimate of drug-likeness (QED) is 0.647. The van der Waals surface area contributed by atoms with Crippen molar-refractivity contribution in [1.29, 1.82) is 0 Å². The molecule has 1 aliphatic rings. The summed E-state index contributed by atoms with van der Waals surface area (Å²) in [5.41, 5.74) is 1.71. The number of anilines is 1. The van der Waals surface area contributed by atoms with Crippen LogP contribution in [-0.4, -0.2) is 67.4 Å². The number of hydrogen-bond donors (Lipinski definition) is 2. The molecule has 2 N–H and O–H groups in total. The van der Waals surface area contributed by atoms with Gasteiger partial charge in [0.15, 0.2) is 0 Å². The molecule has 6 nitrogen and oxygen atoms in total. The minimum atomic E-state index is -0.376. The third-order valence-corrected chi connectivity index (χ3v) is 5.62. The Bertz CT molecular complexity index is 854. The van der Waals surface area contributed by atoms with E-state index in [0.29, 0.717) is 37.8 Å². The molecule has 2 amide bonds. The Balaban J connectivity index is 1.35. The molecular formula is C24H31FN4O2. The summed E-state index contributed by atoms with van der Waals surface area (Å²) in [6.45, 7) is 6.29. The molecular weight excluding hydrogens is 395 g/mol. The van der Waals surface area contributed by atoms with Crippen LogP contribution in [0.4, 0.5) is 10.1 Å². The van der Waals surface area contributed by atoms with Gasteiger partial charge < -0.3 is 10.6 Å². The number of hydrogen-bond acceptors (Lipinski definition) is 4.